The molecule has 1 atom stereocenters. The van der Waals surface area contributed by atoms with E-state index in [9.17, 15) is 0 Å². The first-order valence-electron chi connectivity index (χ1n) is 6.91. The maximum Gasteiger partial charge on any atom is 0.205 e. The van der Waals surface area contributed by atoms with Gasteiger partial charge < -0.3 is 14.4 Å². The first-order chi connectivity index (χ1) is 9.25. The van der Waals surface area contributed by atoms with Gasteiger partial charge >= 0.3 is 0 Å². The summed E-state index contributed by atoms with van der Waals surface area (Å²) in [6.45, 7) is 5.72. The molecule has 0 radical (unpaired) electrons. The molecule has 1 aromatic rings. The van der Waals surface area contributed by atoms with Crippen LogP contribution in [0.25, 0.3) is 0 Å². The Bertz CT molecular complexity index is 431. The van der Waals surface area contributed by atoms with E-state index < -0.39 is 0 Å². The van der Waals surface area contributed by atoms with Crippen molar-refractivity contribution in [2.75, 3.05) is 31.8 Å². The lowest BCUT2D eigenvalue weighted by Gasteiger charge is -2.38. The Hall–Kier alpha value is -0.720. The SMILES string of the molecule is COCc1nsc(N2CCC3(CCOCC3)[C@H]2C)n1. The van der Waals surface area contributed by atoms with Crippen molar-refractivity contribution < 1.29 is 9.47 Å². The van der Waals surface area contributed by atoms with Gasteiger partial charge in [-0.05, 0) is 31.6 Å². The minimum Gasteiger partial charge on any atom is -0.381 e. The molecule has 0 bridgehead atoms. The van der Waals surface area contributed by atoms with Gasteiger partial charge in [0.15, 0.2) is 5.82 Å². The lowest BCUT2D eigenvalue weighted by Crippen LogP contribution is -2.41. The molecule has 0 saturated carbocycles. The summed E-state index contributed by atoms with van der Waals surface area (Å²) in [5.74, 6) is 0.794. The predicted molar refractivity (Wildman–Crippen MR) is 74.5 cm³/mol. The van der Waals surface area contributed by atoms with E-state index in [2.05, 4.69) is 21.2 Å². The Labute approximate surface area is 118 Å². The van der Waals surface area contributed by atoms with Crippen LogP contribution in [0, 0.1) is 5.41 Å². The van der Waals surface area contributed by atoms with Crippen LogP contribution in [0.15, 0.2) is 0 Å². The molecule has 2 aliphatic heterocycles. The highest BCUT2D eigenvalue weighted by molar-refractivity contribution is 7.09. The van der Waals surface area contributed by atoms with E-state index in [1.165, 1.54) is 30.8 Å². The average Bonchev–Trinajstić information content (AvgIpc) is 2.99. The number of hydrogen-bond acceptors (Lipinski definition) is 6. The van der Waals surface area contributed by atoms with Gasteiger partial charge in [-0.2, -0.15) is 4.37 Å². The Morgan fingerprint density at radius 2 is 2.21 bits per heavy atom. The second kappa shape index (κ2) is 5.34. The van der Waals surface area contributed by atoms with Crippen LogP contribution in [-0.2, 0) is 16.1 Å². The third-order valence-corrected chi connectivity index (χ3v) is 5.46. The van der Waals surface area contributed by atoms with E-state index in [0.717, 1.165) is 30.7 Å². The minimum absolute atomic E-state index is 0.422. The van der Waals surface area contributed by atoms with Crippen molar-refractivity contribution in [2.24, 2.45) is 5.41 Å². The summed E-state index contributed by atoms with van der Waals surface area (Å²) in [5, 5.41) is 1.04. The monoisotopic (exact) mass is 283 g/mol. The van der Waals surface area contributed by atoms with E-state index in [1.807, 2.05) is 0 Å². The van der Waals surface area contributed by atoms with Gasteiger partial charge in [-0.1, -0.05) is 0 Å². The summed E-state index contributed by atoms with van der Waals surface area (Å²) in [5.41, 5.74) is 0.422. The van der Waals surface area contributed by atoms with Crippen LogP contribution >= 0.6 is 11.5 Å². The molecule has 1 aromatic heterocycles. The van der Waals surface area contributed by atoms with Crippen molar-refractivity contribution in [3.8, 4) is 0 Å². The summed E-state index contributed by atoms with van der Waals surface area (Å²) in [4.78, 5) is 7.01. The van der Waals surface area contributed by atoms with Gasteiger partial charge in [0, 0.05) is 44.4 Å². The summed E-state index contributed by atoms with van der Waals surface area (Å²) >= 11 is 1.49. The number of methoxy groups -OCH3 is 1. The summed E-state index contributed by atoms with van der Waals surface area (Å²) in [7, 11) is 1.68. The zero-order valence-electron chi connectivity index (χ0n) is 11.6. The molecule has 106 valence electrons. The van der Waals surface area contributed by atoms with E-state index in [4.69, 9.17) is 9.47 Å². The van der Waals surface area contributed by atoms with Crippen molar-refractivity contribution in [2.45, 2.75) is 38.8 Å². The molecule has 2 aliphatic rings. The summed E-state index contributed by atoms with van der Waals surface area (Å²) < 4.78 is 15.0. The molecule has 0 unspecified atom stereocenters. The fourth-order valence-electron chi connectivity index (χ4n) is 3.33. The van der Waals surface area contributed by atoms with Crippen LogP contribution in [0.1, 0.15) is 32.0 Å². The minimum atomic E-state index is 0.422. The van der Waals surface area contributed by atoms with Crippen molar-refractivity contribution in [3.05, 3.63) is 5.82 Å². The molecule has 5 nitrogen and oxygen atoms in total. The highest BCUT2D eigenvalue weighted by atomic mass is 32.1. The zero-order chi connectivity index (χ0) is 13.3. The van der Waals surface area contributed by atoms with Gasteiger partial charge in [0.25, 0.3) is 0 Å². The predicted octanol–water partition coefficient (Wildman–Crippen LogP) is 2.08. The maximum absolute atomic E-state index is 5.52. The fourth-order valence-corrected chi connectivity index (χ4v) is 4.11. The van der Waals surface area contributed by atoms with Gasteiger partial charge in [0.1, 0.15) is 6.61 Å². The van der Waals surface area contributed by atoms with Gasteiger partial charge in [-0.3, -0.25) is 0 Å². The third kappa shape index (κ3) is 2.37. The quantitative estimate of drug-likeness (QED) is 0.850. The molecule has 6 heteroatoms. The number of rotatable bonds is 3. The van der Waals surface area contributed by atoms with Crippen LogP contribution in [0.2, 0.25) is 0 Å². The molecule has 1 spiro atoms. The topological polar surface area (TPSA) is 47.5 Å². The molecule has 3 rings (SSSR count). The second-order valence-electron chi connectivity index (χ2n) is 5.52. The standard InChI is InChI=1S/C13H21N3O2S/c1-10-13(4-7-18-8-5-13)3-6-16(10)12-14-11(9-17-2)15-19-12/h10H,3-9H2,1-2H3/t10-/m1/s1. The molecule has 3 heterocycles. The fraction of sp³-hybridized carbons (Fsp3) is 0.846. The van der Waals surface area contributed by atoms with Crippen molar-refractivity contribution in [1.82, 2.24) is 9.36 Å². The molecule has 19 heavy (non-hydrogen) atoms. The normalized spacial score (nSPS) is 26.2. The van der Waals surface area contributed by atoms with Crippen LogP contribution in [0.5, 0.6) is 0 Å². The zero-order valence-corrected chi connectivity index (χ0v) is 12.4. The van der Waals surface area contributed by atoms with Gasteiger partial charge in [-0.25, -0.2) is 4.98 Å². The highest BCUT2D eigenvalue weighted by Gasteiger charge is 2.46. The third-order valence-electron chi connectivity index (χ3n) is 4.67. The summed E-state index contributed by atoms with van der Waals surface area (Å²) in [6, 6.07) is 0.528. The number of anilines is 1. The Balaban J connectivity index is 1.75. The molecule has 2 saturated heterocycles. The van der Waals surface area contributed by atoms with E-state index in [0.29, 0.717) is 18.1 Å². The first kappa shape index (κ1) is 13.3. The molecule has 0 aromatic carbocycles. The first-order valence-corrected chi connectivity index (χ1v) is 7.68. The van der Waals surface area contributed by atoms with Gasteiger partial charge in [0.05, 0.1) is 0 Å². The van der Waals surface area contributed by atoms with E-state index in [-0.39, 0.29) is 0 Å². The lowest BCUT2D eigenvalue weighted by atomic mass is 9.74. The number of hydrogen-bond donors (Lipinski definition) is 0. The molecule has 2 fully saturated rings. The number of aromatic nitrogens is 2. The smallest absolute Gasteiger partial charge is 0.205 e. The molecule has 0 amide bonds. The van der Waals surface area contributed by atoms with E-state index in [1.54, 1.807) is 7.11 Å². The largest absolute Gasteiger partial charge is 0.381 e. The van der Waals surface area contributed by atoms with Crippen LogP contribution < -0.4 is 4.90 Å². The second-order valence-corrected chi connectivity index (χ2v) is 6.25. The lowest BCUT2D eigenvalue weighted by molar-refractivity contribution is 0.0128. The van der Waals surface area contributed by atoms with Crippen molar-refractivity contribution >= 4 is 16.7 Å². The molecule has 0 N–H and O–H groups in total. The van der Waals surface area contributed by atoms with Gasteiger partial charge in [-0.15, -0.1) is 0 Å². The average molecular weight is 283 g/mol. The maximum atomic E-state index is 5.52. The van der Waals surface area contributed by atoms with Crippen molar-refractivity contribution in [1.29, 1.82) is 0 Å². The molecular formula is C13H21N3O2S. The van der Waals surface area contributed by atoms with Crippen LogP contribution in [-0.4, -0.2) is 42.3 Å². The molecular weight excluding hydrogens is 262 g/mol. The van der Waals surface area contributed by atoms with E-state index >= 15 is 0 Å². The summed E-state index contributed by atoms with van der Waals surface area (Å²) in [6.07, 6.45) is 3.60. The Morgan fingerprint density at radius 1 is 1.42 bits per heavy atom. The van der Waals surface area contributed by atoms with Gasteiger partial charge in [0.2, 0.25) is 5.13 Å². The number of ether oxygens (including phenoxy) is 2. The Morgan fingerprint density at radius 3 is 2.95 bits per heavy atom. The van der Waals surface area contributed by atoms with Crippen LogP contribution in [0.3, 0.4) is 0 Å². The van der Waals surface area contributed by atoms with Crippen LogP contribution in [0.4, 0.5) is 5.13 Å². The Kier molecular flexibility index (Phi) is 3.73. The number of nitrogens with zero attached hydrogens (tertiary/aromatic N) is 3. The molecule has 0 aliphatic carbocycles. The highest BCUT2D eigenvalue weighted by Crippen LogP contribution is 2.46. The van der Waals surface area contributed by atoms with Crippen molar-refractivity contribution in [3.63, 3.8) is 0 Å².